The van der Waals surface area contributed by atoms with Gasteiger partial charge in [-0.1, -0.05) is 19.0 Å². The number of nitrogens with one attached hydrogen (secondary N) is 2. The maximum absolute atomic E-state index is 11.0. The van der Waals surface area contributed by atoms with Gasteiger partial charge in [0.2, 0.25) is 0 Å². The first-order valence-electron chi connectivity index (χ1n) is 8.35. The van der Waals surface area contributed by atoms with Crippen molar-refractivity contribution in [3.8, 4) is 0 Å². The summed E-state index contributed by atoms with van der Waals surface area (Å²) >= 11 is 0. The third-order valence-corrected chi connectivity index (χ3v) is 3.97. The Balaban J connectivity index is 0.00000338. The zero-order valence-electron chi connectivity index (χ0n) is 15.2. The number of hydrogen-bond donors (Lipinski definition) is 3. The molecule has 1 amide bonds. The van der Waals surface area contributed by atoms with Crippen LogP contribution in [0.2, 0.25) is 0 Å². The van der Waals surface area contributed by atoms with E-state index < -0.39 is 5.91 Å². The van der Waals surface area contributed by atoms with Crippen molar-refractivity contribution >= 4 is 35.8 Å². The molecule has 0 bridgehead atoms. The van der Waals surface area contributed by atoms with Gasteiger partial charge in [0.1, 0.15) is 5.76 Å². The molecule has 0 saturated carbocycles. The molecule has 2 aromatic heterocycles. The monoisotopic (exact) mass is 475 g/mol. The largest absolute Gasteiger partial charge is 0.454 e. The fraction of sp³-hybridized carbons (Fsp3) is 0.471. The number of primary amides is 1. The number of carbonyl (C=O) groups excluding carboxylic acids is 1. The molecule has 9 heteroatoms. The Labute approximate surface area is 170 Å². The number of nitrogens with two attached hydrogens (primary N) is 1. The highest BCUT2D eigenvalue weighted by molar-refractivity contribution is 14.0. The van der Waals surface area contributed by atoms with Gasteiger partial charge >= 0.3 is 0 Å². The summed E-state index contributed by atoms with van der Waals surface area (Å²) in [5.74, 6) is 1.89. The first-order valence-corrected chi connectivity index (χ1v) is 8.35. The molecule has 0 atom stereocenters. The van der Waals surface area contributed by atoms with Crippen molar-refractivity contribution in [1.82, 2.24) is 15.8 Å². The number of guanidine groups is 1. The van der Waals surface area contributed by atoms with E-state index in [0.717, 1.165) is 24.3 Å². The molecule has 0 spiro atoms. The van der Waals surface area contributed by atoms with Crippen LogP contribution in [-0.4, -0.2) is 24.1 Å². The van der Waals surface area contributed by atoms with E-state index in [1.165, 1.54) is 0 Å². The highest BCUT2D eigenvalue weighted by Crippen LogP contribution is 2.22. The van der Waals surface area contributed by atoms with E-state index in [4.69, 9.17) is 14.7 Å². The average molecular weight is 475 g/mol. The van der Waals surface area contributed by atoms with Gasteiger partial charge in [-0.25, -0.2) is 0 Å². The van der Waals surface area contributed by atoms with Crippen LogP contribution in [0, 0.1) is 0 Å². The minimum absolute atomic E-state index is 0. The van der Waals surface area contributed by atoms with Gasteiger partial charge in [0.15, 0.2) is 17.5 Å². The minimum atomic E-state index is -0.590. The maximum Gasteiger partial charge on any atom is 0.284 e. The zero-order valence-corrected chi connectivity index (χ0v) is 17.6. The SMILES string of the molecule is CCC(CC)c1cc(CNC(=NC)NCc2ccc(C(N)=O)o2)on1.I. The van der Waals surface area contributed by atoms with Crippen LogP contribution < -0.4 is 16.4 Å². The standard InChI is InChI=1S/C17H25N5O3.HI/c1-4-11(5-2)14-8-13(25-22-14)10-21-17(19-3)20-9-12-6-7-15(24-12)16(18)23;/h6-8,11H,4-5,9-10H2,1-3H3,(H2,18,23)(H2,19,20,21);1H. The van der Waals surface area contributed by atoms with Crippen molar-refractivity contribution in [3.63, 3.8) is 0 Å². The Morgan fingerprint density at radius 2 is 1.88 bits per heavy atom. The van der Waals surface area contributed by atoms with E-state index in [9.17, 15) is 4.79 Å². The summed E-state index contributed by atoms with van der Waals surface area (Å²) in [4.78, 5) is 15.2. The first kappa shape index (κ1) is 22.0. The second-order valence-electron chi connectivity index (χ2n) is 5.64. The van der Waals surface area contributed by atoms with Crippen molar-refractivity contribution in [2.24, 2.45) is 10.7 Å². The average Bonchev–Trinajstić information content (AvgIpc) is 3.26. The molecular formula is C17H26IN5O3. The predicted molar refractivity (Wildman–Crippen MR) is 110 cm³/mol. The molecule has 0 aliphatic heterocycles. The lowest BCUT2D eigenvalue weighted by molar-refractivity contribution is 0.0972. The van der Waals surface area contributed by atoms with Crippen LogP contribution in [0.1, 0.15) is 60.4 Å². The van der Waals surface area contributed by atoms with Crippen molar-refractivity contribution in [2.45, 2.75) is 45.7 Å². The summed E-state index contributed by atoms with van der Waals surface area (Å²) in [7, 11) is 1.67. The fourth-order valence-electron chi connectivity index (χ4n) is 2.48. The van der Waals surface area contributed by atoms with Gasteiger partial charge in [-0.3, -0.25) is 9.79 Å². The number of furan rings is 1. The van der Waals surface area contributed by atoms with Crippen LogP contribution in [0.3, 0.4) is 0 Å². The Hall–Kier alpha value is -2.04. The van der Waals surface area contributed by atoms with Crippen LogP contribution in [0.4, 0.5) is 0 Å². The van der Waals surface area contributed by atoms with Crippen molar-refractivity contribution in [3.05, 3.63) is 41.2 Å². The van der Waals surface area contributed by atoms with E-state index in [2.05, 4.69) is 34.6 Å². The van der Waals surface area contributed by atoms with Gasteiger partial charge in [0, 0.05) is 19.0 Å². The summed E-state index contributed by atoms with van der Waals surface area (Å²) in [6.45, 7) is 5.13. The molecule has 2 rings (SSSR count). The molecule has 4 N–H and O–H groups in total. The van der Waals surface area contributed by atoms with Crippen molar-refractivity contribution in [2.75, 3.05) is 7.05 Å². The van der Waals surface area contributed by atoms with Gasteiger partial charge in [0.25, 0.3) is 5.91 Å². The van der Waals surface area contributed by atoms with Crippen LogP contribution in [0.25, 0.3) is 0 Å². The van der Waals surface area contributed by atoms with Crippen LogP contribution in [-0.2, 0) is 13.1 Å². The number of nitrogens with zero attached hydrogens (tertiary/aromatic N) is 2. The fourth-order valence-corrected chi connectivity index (χ4v) is 2.48. The molecule has 0 aliphatic rings. The van der Waals surface area contributed by atoms with Gasteiger partial charge in [0.05, 0.1) is 18.8 Å². The quantitative estimate of drug-likeness (QED) is 0.307. The van der Waals surface area contributed by atoms with Gasteiger partial charge in [-0.15, -0.1) is 24.0 Å². The van der Waals surface area contributed by atoms with Gasteiger partial charge in [-0.2, -0.15) is 0 Å². The highest BCUT2D eigenvalue weighted by Gasteiger charge is 2.13. The molecule has 144 valence electrons. The minimum Gasteiger partial charge on any atom is -0.454 e. The summed E-state index contributed by atoms with van der Waals surface area (Å²) in [6.07, 6.45) is 2.07. The number of amides is 1. The Bertz CT molecular complexity index is 722. The molecule has 8 nitrogen and oxygen atoms in total. The number of halogens is 1. The lowest BCUT2D eigenvalue weighted by atomic mass is 9.99. The second kappa shape index (κ2) is 10.8. The van der Waals surface area contributed by atoms with E-state index in [0.29, 0.717) is 30.7 Å². The molecule has 0 aromatic carbocycles. The van der Waals surface area contributed by atoms with Crippen LogP contribution in [0.5, 0.6) is 0 Å². The van der Waals surface area contributed by atoms with Crippen LogP contribution in [0.15, 0.2) is 32.1 Å². The smallest absolute Gasteiger partial charge is 0.284 e. The molecule has 2 heterocycles. The van der Waals surface area contributed by atoms with E-state index >= 15 is 0 Å². The lowest BCUT2D eigenvalue weighted by Crippen LogP contribution is -2.36. The first-order chi connectivity index (χ1) is 12.1. The lowest BCUT2D eigenvalue weighted by Gasteiger charge is -2.09. The molecule has 0 radical (unpaired) electrons. The number of aromatic nitrogens is 1. The Morgan fingerprint density at radius 3 is 2.42 bits per heavy atom. The topological polar surface area (TPSA) is 119 Å². The highest BCUT2D eigenvalue weighted by atomic mass is 127. The number of carbonyl (C=O) groups is 1. The van der Waals surface area contributed by atoms with Crippen molar-refractivity contribution in [1.29, 1.82) is 0 Å². The van der Waals surface area contributed by atoms with Crippen LogP contribution >= 0.6 is 24.0 Å². The Morgan fingerprint density at radius 1 is 1.23 bits per heavy atom. The molecule has 0 aliphatic carbocycles. The zero-order chi connectivity index (χ0) is 18.2. The number of rotatable bonds is 8. The maximum atomic E-state index is 11.0. The van der Waals surface area contributed by atoms with Gasteiger partial charge in [-0.05, 0) is 25.0 Å². The molecule has 0 saturated heterocycles. The number of hydrogen-bond acceptors (Lipinski definition) is 5. The molecule has 26 heavy (non-hydrogen) atoms. The second-order valence-corrected chi connectivity index (χ2v) is 5.64. The summed E-state index contributed by atoms with van der Waals surface area (Å²) in [5, 5.41) is 10.4. The molecule has 2 aromatic rings. The normalized spacial score (nSPS) is 11.3. The third kappa shape index (κ3) is 6.04. The van der Waals surface area contributed by atoms with E-state index in [-0.39, 0.29) is 29.7 Å². The summed E-state index contributed by atoms with van der Waals surface area (Å²) < 4.78 is 10.7. The predicted octanol–water partition coefficient (Wildman–Crippen LogP) is 2.75. The summed E-state index contributed by atoms with van der Waals surface area (Å²) in [6, 6.07) is 5.21. The van der Waals surface area contributed by atoms with E-state index in [1.54, 1.807) is 19.2 Å². The number of aliphatic imine (C=N–C) groups is 1. The molecule has 0 fully saturated rings. The summed E-state index contributed by atoms with van der Waals surface area (Å²) in [5.41, 5.74) is 6.14. The van der Waals surface area contributed by atoms with E-state index in [1.807, 2.05) is 6.07 Å². The van der Waals surface area contributed by atoms with Gasteiger partial charge < -0.3 is 25.3 Å². The Kier molecular flexibility index (Phi) is 9.17. The van der Waals surface area contributed by atoms with Crippen molar-refractivity contribution < 1.29 is 13.7 Å². The third-order valence-electron chi connectivity index (χ3n) is 3.97. The molecule has 0 unspecified atom stereocenters. The molecular weight excluding hydrogens is 449 g/mol.